The smallest absolute Gasteiger partial charge is 0.404 e. The molecule has 0 aromatic rings. The van der Waals surface area contributed by atoms with Gasteiger partial charge in [-0.3, -0.25) is 0 Å². The third-order valence-electron chi connectivity index (χ3n) is 4.13. The van der Waals surface area contributed by atoms with Crippen LogP contribution in [0.1, 0.15) is 33.6 Å². The SMILES string of the molecule is CC(C)(C)[Si](C)(C)OC[C@@H]1CC[C@@H](NC(=O)O)CO1. The van der Waals surface area contributed by atoms with Crippen molar-refractivity contribution in [2.24, 2.45) is 0 Å². The van der Waals surface area contributed by atoms with E-state index in [4.69, 9.17) is 14.3 Å². The zero-order valence-electron chi connectivity index (χ0n) is 12.7. The first-order valence-electron chi connectivity index (χ1n) is 6.87. The number of ether oxygens (including phenoxy) is 1. The number of hydrogen-bond donors (Lipinski definition) is 2. The van der Waals surface area contributed by atoms with Crippen LogP contribution in [-0.2, 0) is 9.16 Å². The topological polar surface area (TPSA) is 67.8 Å². The Morgan fingerprint density at radius 1 is 1.42 bits per heavy atom. The molecule has 1 heterocycles. The van der Waals surface area contributed by atoms with Crippen LogP contribution in [0.15, 0.2) is 0 Å². The molecule has 1 fully saturated rings. The molecule has 1 aliphatic heterocycles. The van der Waals surface area contributed by atoms with E-state index >= 15 is 0 Å². The normalized spacial score (nSPS) is 25.1. The van der Waals surface area contributed by atoms with Crippen LogP contribution in [0.2, 0.25) is 18.1 Å². The maximum atomic E-state index is 10.5. The molecule has 0 unspecified atom stereocenters. The molecule has 2 N–H and O–H groups in total. The zero-order valence-corrected chi connectivity index (χ0v) is 13.7. The van der Waals surface area contributed by atoms with Crippen molar-refractivity contribution in [2.45, 2.75) is 63.9 Å². The van der Waals surface area contributed by atoms with Crippen LogP contribution in [0.3, 0.4) is 0 Å². The van der Waals surface area contributed by atoms with Gasteiger partial charge in [0.2, 0.25) is 0 Å². The predicted molar refractivity (Wildman–Crippen MR) is 77.1 cm³/mol. The second-order valence-corrected chi connectivity index (χ2v) is 11.6. The molecule has 19 heavy (non-hydrogen) atoms. The highest BCUT2D eigenvalue weighted by Gasteiger charge is 2.38. The van der Waals surface area contributed by atoms with Gasteiger partial charge in [-0.1, -0.05) is 20.8 Å². The van der Waals surface area contributed by atoms with E-state index in [-0.39, 0.29) is 17.2 Å². The first kappa shape index (κ1) is 16.5. The average molecular weight is 289 g/mol. The zero-order chi connectivity index (χ0) is 14.7. The van der Waals surface area contributed by atoms with E-state index < -0.39 is 14.4 Å². The number of nitrogens with one attached hydrogen (secondary N) is 1. The van der Waals surface area contributed by atoms with Crippen molar-refractivity contribution < 1.29 is 19.1 Å². The highest BCUT2D eigenvalue weighted by molar-refractivity contribution is 6.74. The summed E-state index contributed by atoms with van der Waals surface area (Å²) >= 11 is 0. The lowest BCUT2D eigenvalue weighted by molar-refractivity contribution is -0.0277. The van der Waals surface area contributed by atoms with Gasteiger partial charge in [-0.25, -0.2) is 4.79 Å². The molecule has 1 aliphatic rings. The molecule has 0 radical (unpaired) electrons. The Bertz CT molecular complexity index is 306. The highest BCUT2D eigenvalue weighted by atomic mass is 28.4. The van der Waals surface area contributed by atoms with E-state index in [1.54, 1.807) is 0 Å². The second kappa shape index (κ2) is 6.24. The minimum absolute atomic E-state index is 0.0818. The van der Waals surface area contributed by atoms with Gasteiger partial charge in [-0.15, -0.1) is 0 Å². The van der Waals surface area contributed by atoms with Crippen molar-refractivity contribution in [3.63, 3.8) is 0 Å². The summed E-state index contributed by atoms with van der Waals surface area (Å²) in [7, 11) is -1.72. The molecule has 5 nitrogen and oxygen atoms in total. The minimum atomic E-state index is -1.72. The third kappa shape index (κ3) is 5.12. The molecule has 1 rings (SSSR count). The Hall–Kier alpha value is -0.593. The summed E-state index contributed by atoms with van der Waals surface area (Å²) in [6.45, 7) is 12.2. The maximum absolute atomic E-state index is 10.5. The summed E-state index contributed by atoms with van der Waals surface area (Å²) in [5, 5.41) is 11.3. The molecule has 0 bridgehead atoms. The van der Waals surface area contributed by atoms with Crippen molar-refractivity contribution in [3.8, 4) is 0 Å². The lowest BCUT2D eigenvalue weighted by Crippen LogP contribution is -2.46. The molecule has 0 spiro atoms. The lowest BCUT2D eigenvalue weighted by Gasteiger charge is -2.38. The number of carboxylic acid groups (broad SMARTS) is 1. The van der Waals surface area contributed by atoms with Crippen molar-refractivity contribution in [3.05, 3.63) is 0 Å². The van der Waals surface area contributed by atoms with Gasteiger partial charge in [0.05, 0.1) is 25.4 Å². The van der Waals surface area contributed by atoms with Crippen molar-refractivity contribution in [1.29, 1.82) is 0 Å². The second-order valence-electron chi connectivity index (χ2n) is 6.75. The Morgan fingerprint density at radius 3 is 2.47 bits per heavy atom. The molecule has 2 atom stereocenters. The first-order valence-corrected chi connectivity index (χ1v) is 9.77. The fraction of sp³-hybridized carbons (Fsp3) is 0.923. The highest BCUT2D eigenvalue weighted by Crippen LogP contribution is 2.36. The molecule has 0 aromatic heterocycles. The van der Waals surface area contributed by atoms with Gasteiger partial charge in [-0.05, 0) is 31.0 Å². The number of carbonyl (C=O) groups is 1. The van der Waals surface area contributed by atoms with Gasteiger partial charge in [-0.2, -0.15) is 0 Å². The van der Waals surface area contributed by atoms with Crippen molar-refractivity contribution in [2.75, 3.05) is 13.2 Å². The van der Waals surface area contributed by atoms with Crippen LogP contribution >= 0.6 is 0 Å². The van der Waals surface area contributed by atoms with Gasteiger partial charge in [0.15, 0.2) is 8.32 Å². The third-order valence-corrected chi connectivity index (χ3v) is 8.63. The van der Waals surface area contributed by atoms with Gasteiger partial charge in [0, 0.05) is 0 Å². The molecule has 1 amide bonds. The van der Waals surface area contributed by atoms with Gasteiger partial charge >= 0.3 is 6.09 Å². The van der Waals surface area contributed by atoms with E-state index in [0.29, 0.717) is 13.2 Å². The summed E-state index contributed by atoms with van der Waals surface area (Å²) in [5.41, 5.74) is 0. The first-order chi connectivity index (χ1) is 8.62. The summed E-state index contributed by atoms with van der Waals surface area (Å²) in [5.74, 6) is 0. The van der Waals surface area contributed by atoms with E-state index in [1.807, 2.05) is 0 Å². The average Bonchev–Trinajstić information content (AvgIpc) is 2.26. The van der Waals surface area contributed by atoms with Gasteiger partial charge in [0.1, 0.15) is 0 Å². The van der Waals surface area contributed by atoms with E-state index in [2.05, 4.69) is 39.2 Å². The fourth-order valence-electron chi connectivity index (χ4n) is 1.74. The Labute approximate surface area is 116 Å². The molecule has 0 aliphatic carbocycles. The number of amides is 1. The van der Waals surface area contributed by atoms with Crippen LogP contribution in [0.4, 0.5) is 4.79 Å². The van der Waals surface area contributed by atoms with Crippen LogP contribution in [0.5, 0.6) is 0 Å². The monoisotopic (exact) mass is 289 g/mol. The summed E-state index contributed by atoms with van der Waals surface area (Å²) in [6.07, 6.45) is 0.780. The summed E-state index contributed by atoms with van der Waals surface area (Å²) in [4.78, 5) is 10.5. The van der Waals surface area contributed by atoms with Crippen LogP contribution in [0, 0.1) is 0 Å². The van der Waals surface area contributed by atoms with Crippen LogP contribution in [-0.4, -0.2) is 44.9 Å². The lowest BCUT2D eigenvalue weighted by atomic mass is 10.1. The minimum Gasteiger partial charge on any atom is -0.465 e. The van der Waals surface area contributed by atoms with Gasteiger partial charge < -0.3 is 19.6 Å². The standard InChI is InChI=1S/C13H27NO4Si/c1-13(2,3)19(4,5)18-9-11-7-6-10(8-17-11)14-12(15)16/h10-11,14H,6-9H2,1-5H3,(H,15,16)/t10-,11+/m1/s1. The quantitative estimate of drug-likeness (QED) is 0.781. The molecular formula is C13H27NO4Si. The van der Waals surface area contributed by atoms with E-state index in [1.165, 1.54) is 0 Å². The molecule has 6 heteroatoms. The Kier molecular flexibility index (Phi) is 5.40. The molecule has 1 saturated heterocycles. The maximum Gasteiger partial charge on any atom is 0.404 e. The largest absolute Gasteiger partial charge is 0.465 e. The Morgan fingerprint density at radius 2 is 2.05 bits per heavy atom. The summed E-state index contributed by atoms with van der Waals surface area (Å²) < 4.78 is 11.8. The van der Waals surface area contributed by atoms with E-state index in [9.17, 15) is 4.79 Å². The predicted octanol–water partition coefficient (Wildman–Crippen LogP) is 2.82. The summed E-state index contributed by atoms with van der Waals surface area (Å²) in [6, 6.07) is -0.0818. The Balaban J connectivity index is 2.32. The van der Waals surface area contributed by atoms with Crippen LogP contribution in [0.25, 0.3) is 0 Å². The molecule has 0 saturated carbocycles. The molecular weight excluding hydrogens is 262 g/mol. The fourth-order valence-corrected chi connectivity index (χ4v) is 2.78. The van der Waals surface area contributed by atoms with Gasteiger partial charge in [0.25, 0.3) is 0 Å². The van der Waals surface area contributed by atoms with E-state index in [0.717, 1.165) is 12.8 Å². The number of rotatable bonds is 4. The van der Waals surface area contributed by atoms with Crippen molar-refractivity contribution >= 4 is 14.4 Å². The van der Waals surface area contributed by atoms with Crippen LogP contribution < -0.4 is 5.32 Å². The molecule has 0 aromatic carbocycles. The number of hydrogen-bond acceptors (Lipinski definition) is 3. The van der Waals surface area contributed by atoms with Crippen molar-refractivity contribution in [1.82, 2.24) is 5.32 Å². The molecule has 112 valence electrons.